The third kappa shape index (κ3) is 3.17. The number of aryl methyl sites for hydroxylation is 1. The molecule has 2 rings (SSSR count). The minimum absolute atomic E-state index is 0.599. The quantitative estimate of drug-likeness (QED) is 0.646. The number of fused-ring (bicyclic) bond motifs is 1. The lowest BCUT2D eigenvalue weighted by molar-refractivity contribution is 0.515. The van der Waals surface area contributed by atoms with Gasteiger partial charge >= 0.3 is 0 Å². The summed E-state index contributed by atoms with van der Waals surface area (Å²) in [5.41, 5.74) is 3.44. The molecule has 2 aromatic heterocycles. The molecular formula is C17H25NO. The van der Waals surface area contributed by atoms with Crippen LogP contribution >= 0.6 is 0 Å². The summed E-state index contributed by atoms with van der Waals surface area (Å²) >= 11 is 0. The zero-order valence-electron chi connectivity index (χ0n) is 12.4. The number of hydrogen-bond acceptors (Lipinski definition) is 2. The van der Waals surface area contributed by atoms with Crippen molar-refractivity contribution in [2.45, 2.75) is 65.2 Å². The normalized spacial score (nSPS) is 11.6. The van der Waals surface area contributed by atoms with Crippen molar-refractivity contribution in [1.82, 2.24) is 4.98 Å². The number of pyridine rings is 1. The third-order valence-corrected chi connectivity index (χ3v) is 3.97. The van der Waals surface area contributed by atoms with Gasteiger partial charge in [0.1, 0.15) is 5.58 Å². The molecule has 0 saturated carbocycles. The Morgan fingerprint density at radius 3 is 2.47 bits per heavy atom. The second kappa shape index (κ2) is 6.74. The van der Waals surface area contributed by atoms with Crippen molar-refractivity contribution in [3.8, 4) is 0 Å². The Kier molecular flexibility index (Phi) is 5.00. The van der Waals surface area contributed by atoms with Crippen LogP contribution in [0.25, 0.3) is 11.0 Å². The smallest absolute Gasteiger partial charge is 0.140 e. The first kappa shape index (κ1) is 14.1. The SMILES string of the molecule is CCCCC(CCCC)c1cnc(C)c2ccoc12. The molecule has 0 atom stereocenters. The lowest BCUT2D eigenvalue weighted by Gasteiger charge is -2.17. The number of unbranched alkanes of at least 4 members (excludes halogenated alkanes) is 2. The summed E-state index contributed by atoms with van der Waals surface area (Å²) in [6.07, 6.45) is 11.4. The average Bonchev–Trinajstić information content (AvgIpc) is 2.90. The van der Waals surface area contributed by atoms with Crippen molar-refractivity contribution in [3.63, 3.8) is 0 Å². The van der Waals surface area contributed by atoms with Crippen LogP contribution in [0.4, 0.5) is 0 Å². The van der Waals surface area contributed by atoms with Crippen LogP contribution in [0.5, 0.6) is 0 Å². The molecule has 104 valence electrons. The van der Waals surface area contributed by atoms with E-state index in [4.69, 9.17) is 4.42 Å². The van der Waals surface area contributed by atoms with Crippen LogP contribution in [0.1, 0.15) is 69.5 Å². The fourth-order valence-corrected chi connectivity index (χ4v) is 2.76. The second-order valence-electron chi connectivity index (χ2n) is 5.44. The highest BCUT2D eigenvalue weighted by Crippen LogP contribution is 2.33. The average molecular weight is 259 g/mol. The molecule has 0 amide bonds. The van der Waals surface area contributed by atoms with Gasteiger partial charge in [-0.15, -0.1) is 0 Å². The second-order valence-corrected chi connectivity index (χ2v) is 5.44. The standard InChI is InChI=1S/C17H25NO/c1-4-6-8-14(9-7-5-2)16-12-18-13(3)15-10-11-19-17(15)16/h10-12,14H,4-9H2,1-3H3. The van der Waals surface area contributed by atoms with Gasteiger partial charge in [0, 0.05) is 22.8 Å². The summed E-state index contributed by atoms with van der Waals surface area (Å²) < 4.78 is 5.73. The van der Waals surface area contributed by atoms with Crippen LogP contribution in [0.2, 0.25) is 0 Å². The molecule has 0 unspecified atom stereocenters. The fourth-order valence-electron chi connectivity index (χ4n) is 2.76. The zero-order chi connectivity index (χ0) is 13.7. The maximum absolute atomic E-state index is 5.73. The number of aromatic nitrogens is 1. The molecule has 0 spiro atoms. The summed E-state index contributed by atoms with van der Waals surface area (Å²) in [6, 6.07) is 2.04. The van der Waals surface area contributed by atoms with E-state index in [1.54, 1.807) is 6.26 Å². The minimum atomic E-state index is 0.599. The van der Waals surface area contributed by atoms with Crippen LogP contribution in [0.3, 0.4) is 0 Å². The van der Waals surface area contributed by atoms with Gasteiger partial charge in [0.15, 0.2) is 0 Å². The topological polar surface area (TPSA) is 26.0 Å². The van der Waals surface area contributed by atoms with Crippen LogP contribution in [-0.2, 0) is 0 Å². The molecule has 0 aliphatic carbocycles. The number of nitrogens with zero attached hydrogens (tertiary/aromatic N) is 1. The van der Waals surface area contributed by atoms with Crippen molar-refractivity contribution in [1.29, 1.82) is 0 Å². The van der Waals surface area contributed by atoms with E-state index in [9.17, 15) is 0 Å². The first-order valence-corrected chi connectivity index (χ1v) is 7.60. The van der Waals surface area contributed by atoms with E-state index in [2.05, 4.69) is 25.8 Å². The molecule has 2 heterocycles. The van der Waals surface area contributed by atoms with Crippen molar-refractivity contribution in [2.24, 2.45) is 0 Å². The molecule has 0 aliphatic rings. The molecule has 0 fully saturated rings. The van der Waals surface area contributed by atoms with Gasteiger partial charge in [-0.2, -0.15) is 0 Å². The van der Waals surface area contributed by atoms with Gasteiger partial charge in [-0.1, -0.05) is 39.5 Å². The van der Waals surface area contributed by atoms with Crippen molar-refractivity contribution >= 4 is 11.0 Å². The highest BCUT2D eigenvalue weighted by Gasteiger charge is 2.17. The molecule has 0 saturated heterocycles. The number of hydrogen-bond donors (Lipinski definition) is 0. The molecular weight excluding hydrogens is 234 g/mol. The van der Waals surface area contributed by atoms with Gasteiger partial charge in [0.05, 0.1) is 6.26 Å². The van der Waals surface area contributed by atoms with Gasteiger partial charge in [0.25, 0.3) is 0 Å². The first-order chi connectivity index (χ1) is 9.27. The predicted octanol–water partition coefficient (Wildman–Crippen LogP) is 5.60. The van der Waals surface area contributed by atoms with E-state index in [-0.39, 0.29) is 0 Å². The van der Waals surface area contributed by atoms with Gasteiger partial charge in [-0.3, -0.25) is 4.98 Å². The molecule has 0 aromatic carbocycles. The van der Waals surface area contributed by atoms with Crippen molar-refractivity contribution < 1.29 is 4.42 Å². The van der Waals surface area contributed by atoms with E-state index >= 15 is 0 Å². The Morgan fingerprint density at radius 1 is 1.16 bits per heavy atom. The van der Waals surface area contributed by atoms with Crippen molar-refractivity contribution in [2.75, 3.05) is 0 Å². The summed E-state index contributed by atoms with van der Waals surface area (Å²) in [5.74, 6) is 0.599. The maximum atomic E-state index is 5.73. The van der Waals surface area contributed by atoms with E-state index in [0.717, 1.165) is 11.3 Å². The zero-order valence-corrected chi connectivity index (χ0v) is 12.4. The minimum Gasteiger partial charge on any atom is -0.464 e. The highest BCUT2D eigenvalue weighted by molar-refractivity contribution is 5.82. The van der Waals surface area contributed by atoms with E-state index < -0.39 is 0 Å². The van der Waals surface area contributed by atoms with Gasteiger partial charge in [0.2, 0.25) is 0 Å². The van der Waals surface area contributed by atoms with Gasteiger partial charge in [-0.05, 0) is 31.7 Å². The molecule has 0 N–H and O–H groups in total. The molecule has 2 heteroatoms. The highest BCUT2D eigenvalue weighted by atomic mass is 16.3. The van der Waals surface area contributed by atoms with E-state index in [0.29, 0.717) is 5.92 Å². The third-order valence-electron chi connectivity index (χ3n) is 3.97. The molecule has 2 nitrogen and oxygen atoms in total. The summed E-state index contributed by atoms with van der Waals surface area (Å²) in [7, 11) is 0. The van der Waals surface area contributed by atoms with Crippen molar-refractivity contribution in [3.05, 3.63) is 29.8 Å². The molecule has 0 aliphatic heterocycles. The molecule has 19 heavy (non-hydrogen) atoms. The number of furan rings is 1. The van der Waals surface area contributed by atoms with E-state index in [1.165, 1.54) is 49.5 Å². The Hall–Kier alpha value is -1.31. The molecule has 0 radical (unpaired) electrons. The maximum Gasteiger partial charge on any atom is 0.140 e. The van der Waals surface area contributed by atoms with Gasteiger partial charge in [-0.25, -0.2) is 0 Å². The molecule has 2 aromatic rings. The first-order valence-electron chi connectivity index (χ1n) is 7.60. The number of rotatable bonds is 7. The Morgan fingerprint density at radius 2 is 1.84 bits per heavy atom. The van der Waals surface area contributed by atoms with E-state index in [1.807, 2.05) is 12.3 Å². The lowest BCUT2D eigenvalue weighted by atomic mass is 9.89. The van der Waals surface area contributed by atoms with Crippen LogP contribution < -0.4 is 0 Å². The Balaban J connectivity index is 2.31. The Labute approximate surface area is 116 Å². The summed E-state index contributed by atoms with van der Waals surface area (Å²) in [6.45, 7) is 6.56. The summed E-state index contributed by atoms with van der Waals surface area (Å²) in [5, 5.41) is 1.18. The lowest BCUT2D eigenvalue weighted by Crippen LogP contribution is -2.01. The Bertz CT molecular complexity index is 507. The largest absolute Gasteiger partial charge is 0.464 e. The fraction of sp³-hybridized carbons (Fsp3) is 0.588. The van der Waals surface area contributed by atoms with Gasteiger partial charge < -0.3 is 4.42 Å². The van der Waals surface area contributed by atoms with Crippen LogP contribution in [0, 0.1) is 6.92 Å². The summed E-state index contributed by atoms with van der Waals surface area (Å²) in [4.78, 5) is 4.56. The van der Waals surface area contributed by atoms with Crippen LogP contribution in [-0.4, -0.2) is 4.98 Å². The molecule has 0 bridgehead atoms. The van der Waals surface area contributed by atoms with Crippen LogP contribution in [0.15, 0.2) is 22.9 Å². The monoisotopic (exact) mass is 259 g/mol. The predicted molar refractivity (Wildman–Crippen MR) is 80.5 cm³/mol.